The number of halogens is 1. The molecule has 0 aromatic heterocycles. The molecule has 0 saturated heterocycles. The number of hydrazine groups is 1. The Labute approximate surface area is 157 Å². The highest BCUT2D eigenvalue weighted by Crippen LogP contribution is 2.14. The van der Waals surface area contributed by atoms with E-state index in [1.807, 2.05) is 6.07 Å². The summed E-state index contributed by atoms with van der Waals surface area (Å²) >= 11 is 5.11. The lowest BCUT2D eigenvalue weighted by atomic mass is 10.2. The summed E-state index contributed by atoms with van der Waals surface area (Å²) < 4.78 is 18.5. The van der Waals surface area contributed by atoms with Gasteiger partial charge in [-0.3, -0.25) is 15.6 Å². The van der Waals surface area contributed by atoms with Gasteiger partial charge in [0.2, 0.25) is 0 Å². The van der Waals surface area contributed by atoms with Gasteiger partial charge in [-0.05, 0) is 54.0 Å². The van der Waals surface area contributed by atoms with Gasteiger partial charge < -0.3 is 10.1 Å². The van der Waals surface area contributed by atoms with Crippen LogP contribution in [0.4, 0.5) is 4.39 Å². The fourth-order valence-corrected chi connectivity index (χ4v) is 2.13. The van der Waals surface area contributed by atoms with Crippen LogP contribution >= 0.6 is 12.2 Å². The predicted molar refractivity (Wildman–Crippen MR) is 103 cm³/mol. The minimum absolute atomic E-state index is 0.259. The molecule has 26 heavy (non-hydrogen) atoms. The van der Waals surface area contributed by atoms with Crippen molar-refractivity contribution in [2.75, 3.05) is 6.61 Å². The Morgan fingerprint density at radius 2 is 1.88 bits per heavy atom. The molecule has 0 atom stereocenters. The molecule has 0 aliphatic heterocycles. The van der Waals surface area contributed by atoms with Gasteiger partial charge in [0, 0.05) is 12.1 Å². The molecule has 0 unspecified atom stereocenters. The molecule has 0 fully saturated rings. The maximum atomic E-state index is 12.9. The van der Waals surface area contributed by atoms with Crippen LogP contribution < -0.4 is 20.9 Å². The first kappa shape index (κ1) is 19.7. The van der Waals surface area contributed by atoms with E-state index in [1.165, 1.54) is 12.1 Å². The van der Waals surface area contributed by atoms with Crippen LogP contribution in [0.2, 0.25) is 0 Å². The topological polar surface area (TPSA) is 62.4 Å². The normalized spacial score (nSPS) is 10.3. The summed E-state index contributed by atoms with van der Waals surface area (Å²) in [6.45, 7) is 5.11. The number of thiocarbonyl (C=S) groups is 1. The Bertz CT molecular complexity index is 751. The summed E-state index contributed by atoms with van der Waals surface area (Å²) in [7, 11) is 0. The summed E-state index contributed by atoms with van der Waals surface area (Å²) in [6.07, 6.45) is 0. The van der Waals surface area contributed by atoms with Crippen molar-refractivity contribution < 1.29 is 13.9 Å². The largest absolute Gasteiger partial charge is 0.493 e. The minimum atomic E-state index is -0.328. The zero-order chi connectivity index (χ0) is 18.9. The number of benzene rings is 2. The summed E-state index contributed by atoms with van der Waals surface area (Å²) in [5, 5.41) is 3.19. The number of hydrogen-bond donors (Lipinski definition) is 3. The van der Waals surface area contributed by atoms with Crippen molar-refractivity contribution in [3.63, 3.8) is 0 Å². The second-order valence-electron chi connectivity index (χ2n) is 6.12. The van der Waals surface area contributed by atoms with E-state index in [2.05, 4.69) is 30.0 Å². The van der Waals surface area contributed by atoms with Crippen LogP contribution in [-0.2, 0) is 6.54 Å². The second kappa shape index (κ2) is 9.72. The summed E-state index contributed by atoms with van der Waals surface area (Å²) in [5.74, 6) is 0.425. The zero-order valence-corrected chi connectivity index (χ0v) is 15.5. The van der Waals surface area contributed by atoms with Crippen LogP contribution in [0.5, 0.6) is 5.75 Å². The maximum absolute atomic E-state index is 12.9. The molecule has 0 bridgehead atoms. The molecule has 0 aliphatic rings. The monoisotopic (exact) mass is 375 g/mol. The lowest BCUT2D eigenvalue weighted by molar-refractivity contribution is 0.0943. The third-order valence-corrected chi connectivity index (χ3v) is 3.58. The van der Waals surface area contributed by atoms with E-state index in [0.717, 1.165) is 5.56 Å². The molecular formula is C19H22FN3O2S. The van der Waals surface area contributed by atoms with E-state index < -0.39 is 0 Å². The Morgan fingerprint density at radius 3 is 2.58 bits per heavy atom. The van der Waals surface area contributed by atoms with Crippen molar-refractivity contribution in [2.45, 2.75) is 20.4 Å². The first-order chi connectivity index (χ1) is 12.4. The molecule has 2 rings (SSSR count). The molecule has 5 nitrogen and oxygen atoms in total. The van der Waals surface area contributed by atoms with Crippen LogP contribution in [0.1, 0.15) is 29.8 Å². The summed E-state index contributed by atoms with van der Waals surface area (Å²) in [5.41, 5.74) is 6.50. The van der Waals surface area contributed by atoms with E-state index in [4.69, 9.17) is 17.0 Å². The molecule has 0 aliphatic carbocycles. The van der Waals surface area contributed by atoms with Gasteiger partial charge in [-0.1, -0.05) is 32.0 Å². The molecule has 0 radical (unpaired) electrons. The van der Waals surface area contributed by atoms with E-state index in [9.17, 15) is 9.18 Å². The number of amides is 1. The molecule has 2 aromatic rings. The molecule has 0 heterocycles. The number of carbonyl (C=O) groups is 1. The van der Waals surface area contributed by atoms with Crippen molar-refractivity contribution in [1.29, 1.82) is 0 Å². The van der Waals surface area contributed by atoms with Gasteiger partial charge in [-0.15, -0.1) is 0 Å². The molecule has 0 saturated carbocycles. The molecule has 0 spiro atoms. The average molecular weight is 375 g/mol. The first-order valence-electron chi connectivity index (χ1n) is 8.25. The highest BCUT2D eigenvalue weighted by atomic mass is 32.1. The third kappa shape index (κ3) is 6.68. The maximum Gasteiger partial charge on any atom is 0.269 e. The van der Waals surface area contributed by atoms with Crippen LogP contribution in [-0.4, -0.2) is 17.6 Å². The van der Waals surface area contributed by atoms with E-state index in [-0.39, 0.29) is 16.8 Å². The van der Waals surface area contributed by atoms with E-state index in [0.29, 0.717) is 30.4 Å². The summed E-state index contributed by atoms with van der Waals surface area (Å²) in [6, 6.07) is 13.0. The fourth-order valence-electron chi connectivity index (χ4n) is 2.00. The highest BCUT2D eigenvalue weighted by Gasteiger charge is 2.07. The van der Waals surface area contributed by atoms with Crippen LogP contribution in [0.3, 0.4) is 0 Å². The SMILES string of the molecule is CC(C)COc1cccc(C(=O)NNC(=S)NCc2ccc(F)cc2)c1. The molecule has 1 amide bonds. The molecular weight excluding hydrogens is 353 g/mol. The zero-order valence-electron chi connectivity index (χ0n) is 14.7. The molecule has 2 aromatic carbocycles. The standard InChI is InChI=1S/C19H22FN3O2S/c1-13(2)12-25-17-5-3-4-15(10-17)18(24)22-23-19(26)21-11-14-6-8-16(20)9-7-14/h3-10,13H,11-12H2,1-2H3,(H,22,24)(H2,21,23,26). The van der Waals surface area contributed by atoms with E-state index >= 15 is 0 Å². The van der Waals surface area contributed by atoms with Crippen molar-refractivity contribution in [2.24, 2.45) is 5.92 Å². The van der Waals surface area contributed by atoms with Crippen molar-refractivity contribution >= 4 is 23.2 Å². The number of ether oxygens (including phenoxy) is 1. The number of nitrogens with one attached hydrogen (secondary N) is 3. The molecule has 7 heteroatoms. The second-order valence-corrected chi connectivity index (χ2v) is 6.53. The average Bonchev–Trinajstić information content (AvgIpc) is 2.64. The quantitative estimate of drug-likeness (QED) is 0.535. The Hall–Kier alpha value is -2.67. The lowest BCUT2D eigenvalue weighted by Gasteiger charge is -2.13. The number of rotatable bonds is 6. The predicted octanol–water partition coefficient (Wildman–Crippen LogP) is 3.17. The number of hydrogen-bond acceptors (Lipinski definition) is 3. The Kier molecular flexibility index (Phi) is 7.35. The number of carbonyl (C=O) groups excluding carboxylic acids is 1. The Balaban J connectivity index is 1.79. The van der Waals surface area contributed by atoms with Crippen molar-refractivity contribution in [3.05, 3.63) is 65.5 Å². The molecule has 3 N–H and O–H groups in total. The lowest BCUT2D eigenvalue weighted by Crippen LogP contribution is -2.46. The van der Waals surface area contributed by atoms with E-state index in [1.54, 1.807) is 30.3 Å². The van der Waals surface area contributed by atoms with Crippen molar-refractivity contribution in [1.82, 2.24) is 16.2 Å². The smallest absolute Gasteiger partial charge is 0.269 e. The first-order valence-corrected chi connectivity index (χ1v) is 8.66. The van der Waals surface area contributed by atoms with Crippen LogP contribution in [0.25, 0.3) is 0 Å². The van der Waals surface area contributed by atoms with Crippen molar-refractivity contribution in [3.8, 4) is 5.75 Å². The highest BCUT2D eigenvalue weighted by molar-refractivity contribution is 7.80. The van der Waals surface area contributed by atoms with Gasteiger partial charge in [-0.2, -0.15) is 0 Å². The summed E-state index contributed by atoms with van der Waals surface area (Å²) in [4.78, 5) is 12.2. The Morgan fingerprint density at radius 1 is 1.15 bits per heavy atom. The van der Waals surface area contributed by atoms with Gasteiger partial charge in [0.1, 0.15) is 11.6 Å². The van der Waals surface area contributed by atoms with Gasteiger partial charge in [0.05, 0.1) is 6.61 Å². The molecule has 138 valence electrons. The van der Waals surface area contributed by atoms with Crippen LogP contribution in [0.15, 0.2) is 48.5 Å². The van der Waals surface area contributed by atoms with Crippen LogP contribution in [0, 0.1) is 11.7 Å². The fraction of sp³-hybridized carbons (Fsp3) is 0.263. The van der Waals surface area contributed by atoms with Gasteiger partial charge >= 0.3 is 0 Å². The van der Waals surface area contributed by atoms with Gasteiger partial charge in [0.25, 0.3) is 5.91 Å². The van der Waals surface area contributed by atoms with Gasteiger partial charge in [-0.25, -0.2) is 4.39 Å². The minimum Gasteiger partial charge on any atom is -0.493 e. The van der Waals surface area contributed by atoms with Gasteiger partial charge in [0.15, 0.2) is 5.11 Å². The third-order valence-electron chi connectivity index (χ3n) is 3.34.